The molecule has 1 aromatic heterocycles. The number of aryl methyl sites for hydroxylation is 2. The summed E-state index contributed by atoms with van der Waals surface area (Å²) in [6, 6.07) is 8.23. The first-order valence-corrected chi connectivity index (χ1v) is 10.4. The Labute approximate surface area is 183 Å². The predicted octanol–water partition coefficient (Wildman–Crippen LogP) is 4.20. The highest BCUT2D eigenvalue weighted by Crippen LogP contribution is 2.17. The fraction of sp³-hybridized carbons (Fsp3) is 0.526. The molecule has 0 saturated carbocycles. The second kappa shape index (κ2) is 12.2. The second-order valence-electron chi connectivity index (χ2n) is 6.66. The molecule has 0 radical (unpaired) electrons. The first-order valence-electron chi connectivity index (χ1n) is 9.15. The molecule has 27 heavy (non-hydrogen) atoms. The summed E-state index contributed by atoms with van der Waals surface area (Å²) in [5.41, 5.74) is 8.25. The molecule has 1 aromatic carbocycles. The molecule has 0 bridgehead atoms. The summed E-state index contributed by atoms with van der Waals surface area (Å²) in [6.45, 7) is 8.15. The van der Waals surface area contributed by atoms with Crippen molar-refractivity contribution in [3.63, 3.8) is 0 Å². The molecule has 0 aliphatic heterocycles. The van der Waals surface area contributed by atoms with Gasteiger partial charge in [0.05, 0.1) is 0 Å². The summed E-state index contributed by atoms with van der Waals surface area (Å²) in [5, 5.41) is 12.8. The number of nitrogens with two attached hydrogens (primary N) is 1. The van der Waals surface area contributed by atoms with Crippen molar-refractivity contribution >= 4 is 47.4 Å². The summed E-state index contributed by atoms with van der Waals surface area (Å²) < 4.78 is 2.22. The fourth-order valence-electron chi connectivity index (χ4n) is 2.70. The van der Waals surface area contributed by atoms with Crippen molar-refractivity contribution < 1.29 is 0 Å². The standard InChI is InChI=1S/C19H30N6S.HI/c1-5-15-8-6-9-16(12-15)22-18(20)21-11-7-10-17-23-24-19(26-4)25(17)13-14(2)3;/h6,8-9,12,14H,5,7,10-11,13H2,1-4H3,(H3,20,21,22);1H. The molecule has 3 N–H and O–H groups in total. The van der Waals surface area contributed by atoms with Gasteiger partial charge in [-0.2, -0.15) is 0 Å². The van der Waals surface area contributed by atoms with Crippen LogP contribution < -0.4 is 11.1 Å². The van der Waals surface area contributed by atoms with Crippen molar-refractivity contribution in [1.82, 2.24) is 14.8 Å². The van der Waals surface area contributed by atoms with Crippen LogP contribution in [0.5, 0.6) is 0 Å². The summed E-state index contributed by atoms with van der Waals surface area (Å²) in [6.07, 6.45) is 4.78. The van der Waals surface area contributed by atoms with Crippen molar-refractivity contribution in [1.29, 1.82) is 0 Å². The lowest BCUT2D eigenvalue weighted by Gasteiger charge is -2.11. The van der Waals surface area contributed by atoms with E-state index in [-0.39, 0.29) is 24.0 Å². The van der Waals surface area contributed by atoms with Gasteiger partial charge in [-0.25, -0.2) is 0 Å². The van der Waals surface area contributed by atoms with Gasteiger partial charge in [0.25, 0.3) is 0 Å². The van der Waals surface area contributed by atoms with Crippen LogP contribution >= 0.6 is 35.7 Å². The topological polar surface area (TPSA) is 81.1 Å². The number of hydrogen-bond acceptors (Lipinski definition) is 4. The summed E-state index contributed by atoms with van der Waals surface area (Å²) in [7, 11) is 0. The lowest BCUT2D eigenvalue weighted by atomic mass is 10.1. The molecule has 0 atom stereocenters. The zero-order valence-electron chi connectivity index (χ0n) is 16.6. The Kier molecular flexibility index (Phi) is 10.8. The molecule has 2 aromatic rings. The highest BCUT2D eigenvalue weighted by atomic mass is 127. The van der Waals surface area contributed by atoms with Gasteiger partial charge in [-0.1, -0.05) is 44.7 Å². The monoisotopic (exact) mass is 502 g/mol. The number of aromatic nitrogens is 3. The van der Waals surface area contributed by atoms with Crippen LogP contribution in [-0.4, -0.2) is 33.5 Å². The smallest absolute Gasteiger partial charge is 0.193 e. The molecule has 0 amide bonds. The van der Waals surface area contributed by atoms with Crippen molar-refractivity contribution in [3.8, 4) is 0 Å². The van der Waals surface area contributed by atoms with E-state index in [4.69, 9.17) is 5.73 Å². The summed E-state index contributed by atoms with van der Waals surface area (Å²) in [4.78, 5) is 4.43. The Morgan fingerprint density at radius 2 is 2.11 bits per heavy atom. The predicted molar refractivity (Wildman–Crippen MR) is 126 cm³/mol. The number of hydrogen-bond donors (Lipinski definition) is 2. The average molecular weight is 502 g/mol. The van der Waals surface area contributed by atoms with Crippen LogP contribution in [0.4, 0.5) is 5.69 Å². The molecule has 0 saturated heterocycles. The highest BCUT2D eigenvalue weighted by molar-refractivity contribution is 14.0. The number of nitrogens with zero attached hydrogens (tertiary/aromatic N) is 4. The van der Waals surface area contributed by atoms with Crippen LogP contribution in [0.2, 0.25) is 0 Å². The van der Waals surface area contributed by atoms with E-state index in [9.17, 15) is 0 Å². The van der Waals surface area contributed by atoms with Crippen molar-refractivity contribution in [2.45, 2.75) is 51.7 Å². The highest BCUT2D eigenvalue weighted by Gasteiger charge is 2.12. The second-order valence-corrected chi connectivity index (χ2v) is 7.43. The van der Waals surface area contributed by atoms with Crippen molar-refractivity contribution in [3.05, 3.63) is 35.7 Å². The van der Waals surface area contributed by atoms with E-state index >= 15 is 0 Å². The number of halogens is 1. The zero-order valence-corrected chi connectivity index (χ0v) is 19.8. The van der Waals surface area contributed by atoms with Gasteiger partial charge in [-0.3, -0.25) is 4.99 Å². The molecule has 0 fully saturated rings. The molecule has 2 rings (SSSR count). The third-order valence-electron chi connectivity index (χ3n) is 3.97. The first-order chi connectivity index (χ1) is 12.5. The molecular weight excluding hydrogens is 471 g/mol. The Balaban J connectivity index is 0.00000364. The molecule has 0 aliphatic carbocycles. The maximum atomic E-state index is 6.00. The normalized spacial score (nSPS) is 11.5. The van der Waals surface area contributed by atoms with Gasteiger partial charge in [-0.15, -0.1) is 34.2 Å². The van der Waals surface area contributed by atoms with E-state index < -0.39 is 0 Å². The minimum atomic E-state index is 0. The zero-order chi connectivity index (χ0) is 18.9. The van der Waals surface area contributed by atoms with Crippen molar-refractivity contribution in [2.75, 3.05) is 18.1 Å². The van der Waals surface area contributed by atoms with Crippen LogP contribution in [0.15, 0.2) is 34.4 Å². The number of nitrogens with one attached hydrogen (secondary N) is 1. The Hall–Kier alpha value is -1.29. The third kappa shape index (κ3) is 7.69. The van der Waals surface area contributed by atoms with E-state index in [2.05, 4.69) is 58.0 Å². The number of aliphatic imine (C=N–C) groups is 1. The van der Waals surface area contributed by atoms with Gasteiger partial charge in [0.15, 0.2) is 11.1 Å². The molecule has 0 aliphatic rings. The Bertz CT molecular complexity index is 729. The molecule has 0 unspecified atom stereocenters. The van der Waals surface area contributed by atoms with E-state index in [1.165, 1.54) is 5.56 Å². The van der Waals surface area contributed by atoms with E-state index in [0.29, 0.717) is 18.4 Å². The molecule has 8 heteroatoms. The molecule has 150 valence electrons. The fourth-order valence-corrected chi connectivity index (χ4v) is 3.22. The van der Waals surface area contributed by atoms with Crippen LogP contribution in [0, 0.1) is 5.92 Å². The van der Waals surface area contributed by atoms with Crippen LogP contribution in [0.3, 0.4) is 0 Å². The van der Waals surface area contributed by atoms with Gasteiger partial charge in [0.1, 0.15) is 5.82 Å². The van der Waals surface area contributed by atoms with Crippen molar-refractivity contribution in [2.24, 2.45) is 16.6 Å². The van der Waals surface area contributed by atoms with E-state index in [1.54, 1.807) is 11.8 Å². The number of anilines is 1. The summed E-state index contributed by atoms with van der Waals surface area (Å²) in [5.74, 6) is 2.04. The number of thioether (sulfide) groups is 1. The first kappa shape index (κ1) is 23.7. The number of rotatable bonds is 9. The maximum Gasteiger partial charge on any atom is 0.193 e. The van der Waals surface area contributed by atoms with Gasteiger partial charge in [0, 0.05) is 25.2 Å². The van der Waals surface area contributed by atoms with Crippen LogP contribution in [0.25, 0.3) is 0 Å². The number of benzene rings is 1. The SMILES string of the molecule is CCc1cccc(NC(N)=NCCCc2nnc(SC)n2CC(C)C)c1.I. The van der Waals surface area contributed by atoms with Gasteiger partial charge in [0.2, 0.25) is 0 Å². The lowest BCUT2D eigenvalue weighted by molar-refractivity contribution is 0.477. The molecular formula is C19H31IN6S. The molecule has 6 nitrogen and oxygen atoms in total. The Morgan fingerprint density at radius 3 is 2.78 bits per heavy atom. The van der Waals surface area contributed by atoms with Gasteiger partial charge in [-0.05, 0) is 42.7 Å². The van der Waals surface area contributed by atoms with Crippen LogP contribution in [0.1, 0.15) is 38.6 Å². The van der Waals surface area contributed by atoms with Gasteiger partial charge < -0.3 is 15.6 Å². The van der Waals surface area contributed by atoms with Gasteiger partial charge >= 0.3 is 0 Å². The Morgan fingerprint density at radius 1 is 1.33 bits per heavy atom. The van der Waals surface area contributed by atoms with Crippen LogP contribution in [-0.2, 0) is 19.4 Å². The lowest BCUT2D eigenvalue weighted by Crippen LogP contribution is -2.23. The van der Waals surface area contributed by atoms with E-state index in [0.717, 1.165) is 42.5 Å². The van der Waals surface area contributed by atoms with E-state index in [1.807, 2.05) is 18.4 Å². The minimum absolute atomic E-state index is 0. The molecule has 0 spiro atoms. The number of guanidine groups is 1. The maximum absolute atomic E-state index is 6.00. The average Bonchev–Trinajstić information content (AvgIpc) is 3.00. The minimum Gasteiger partial charge on any atom is -0.370 e. The quantitative estimate of drug-likeness (QED) is 0.177. The third-order valence-corrected chi connectivity index (χ3v) is 4.64. The summed E-state index contributed by atoms with van der Waals surface area (Å²) >= 11 is 1.64. The largest absolute Gasteiger partial charge is 0.370 e. The molecule has 1 heterocycles.